The Bertz CT molecular complexity index is 1170. The Morgan fingerprint density at radius 1 is 1.07 bits per heavy atom. The SMILES string of the molecule is CCc1cccc2sc(=NC(=O)Cc3ccc(S(=O)(=O)CC)cc3)n(CC)c12. The van der Waals surface area contributed by atoms with E-state index in [0.717, 1.165) is 28.7 Å². The summed E-state index contributed by atoms with van der Waals surface area (Å²) in [6.45, 7) is 6.53. The molecule has 1 aromatic heterocycles. The van der Waals surface area contributed by atoms with Gasteiger partial charge in [0.2, 0.25) is 0 Å². The van der Waals surface area contributed by atoms with E-state index < -0.39 is 9.84 Å². The minimum absolute atomic E-state index is 0.0588. The maximum absolute atomic E-state index is 12.5. The zero-order valence-electron chi connectivity index (χ0n) is 16.3. The van der Waals surface area contributed by atoms with Gasteiger partial charge in [0.25, 0.3) is 5.91 Å². The lowest BCUT2D eigenvalue weighted by Crippen LogP contribution is -2.17. The quantitative estimate of drug-likeness (QED) is 0.615. The van der Waals surface area contributed by atoms with Crippen molar-refractivity contribution in [2.75, 3.05) is 5.75 Å². The summed E-state index contributed by atoms with van der Waals surface area (Å²) >= 11 is 1.52. The number of amides is 1. The van der Waals surface area contributed by atoms with E-state index in [9.17, 15) is 13.2 Å². The van der Waals surface area contributed by atoms with Crippen molar-refractivity contribution in [3.8, 4) is 0 Å². The van der Waals surface area contributed by atoms with Crippen molar-refractivity contribution in [2.24, 2.45) is 4.99 Å². The van der Waals surface area contributed by atoms with Gasteiger partial charge >= 0.3 is 0 Å². The number of aromatic nitrogens is 1. The molecule has 3 aromatic rings. The molecule has 0 N–H and O–H groups in total. The number of carbonyl (C=O) groups excluding carboxylic acids is 1. The molecule has 0 aliphatic carbocycles. The molecule has 0 fully saturated rings. The Balaban J connectivity index is 1.91. The largest absolute Gasteiger partial charge is 0.316 e. The molecular formula is C21H24N2O3S2. The van der Waals surface area contributed by atoms with Crippen LogP contribution in [-0.2, 0) is 34.0 Å². The molecule has 3 rings (SSSR count). The highest BCUT2D eigenvalue weighted by atomic mass is 32.2. The molecule has 7 heteroatoms. The van der Waals surface area contributed by atoms with Crippen molar-refractivity contribution >= 4 is 37.3 Å². The standard InChI is InChI=1S/C21H24N2O3S2/c1-4-16-8-7-9-18-20(16)23(5-2)21(27-18)22-19(24)14-15-10-12-17(13-11-15)28(25,26)6-3/h7-13H,4-6,14H2,1-3H3. The molecule has 0 radical (unpaired) electrons. The molecule has 0 aliphatic heterocycles. The molecular weight excluding hydrogens is 392 g/mol. The summed E-state index contributed by atoms with van der Waals surface area (Å²) in [5.74, 6) is -0.179. The number of hydrogen-bond acceptors (Lipinski definition) is 4. The summed E-state index contributed by atoms with van der Waals surface area (Å²) in [6, 6.07) is 12.7. The summed E-state index contributed by atoms with van der Waals surface area (Å²) in [7, 11) is -3.23. The molecule has 1 heterocycles. The van der Waals surface area contributed by atoms with E-state index >= 15 is 0 Å². The van der Waals surface area contributed by atoms with E-state index in [1.54, 1.807) is 31.2 Å². The van der Waals surface area contributed by atoms with Gasteiger partial charge in [-0.3, -0.25) is 4.79 Å². The van der Waals surface area contributed by atoms with Crippen LogP contribution in [-0.4, -0.2) is 24.6 Å². The Hall–Kier alpha value is -2.25. The van der Waals surface area contributed by atoms with Crippen molar-refractivity contribution in [2.45, 2.75) is 45.1 Å². The second kappa shape index (κ2) is 8.41. The van der Waals surface area contributed by atoms with Crippen molar-refractivity contribution < 1.29 is 13.2 Å². The molecule has 148 valence electrons. The molecule has 0 unspecified atom stereocenters. The van der Waals surface area contributed by atoms with Gasteiger partial charge in [0, 0.05) is 6.54 Å². The number of rotatable bonds is 6. The number of aryl methyl sites for hydroxylation is 2. The lowest BCUT2D eigenvalue weighted by atomic mass is 10.1. The van der Waals surface area contributed by atoms with Crippen LogP contribution >= 0.6 is 11.3 Å². The lowest BCUT2D eigenvalue weighted by Gasteiger charge is -2.05. The van der Waals surface area contributed by atoms with E-state index in [1.807, 2.05) is 6.07 Å². The van der Waals surface area contributed by atoms with Gasteiger partial charge in [0.05, 0.1) is 27.3 Å². The summed E-state index contributed by atoms with van der Waals surface area (Å²) in [4.78, 5) is 17.9. The van der Waals surface area contributed by atoms with Crippen molar-refractivity contribution in [1.82, 2.24) is 4.57 Å². The van der Waals surface area contributed by atoms with E-state index in [1.165, 1.54) is 16.9 Å². The molecule has 0 saturated carbocycles. The van der Waals surface area contributed by atoms with Crippen LogP contribution in [0.5, 0.6) is 0 Å². The summed E-state index contributed by atoms with van der Waals surface area (Å²) in [5.41, 5.74) is 3.15. The van der Waals surface area contributed by atoms with Crippen molar-refractivity contribution in [3.05, 3.63) is 58.4 Å². The Labute approximate surface area is 169 Å². The first-order valence-electron chi connectivity index (χ1n) is 9.40. The third kappa shape index (κ3) is 4.10. The minimum Gasteiger partial charge on any atom is -0.316 e. The number of sulfone groups is 1. The van der Waals surface area contributed by atoms with Gasteiger partial charge in [-0.2, -0.15) is 4.99 Å². The van der Waals surface area contributed by atoms with Gasteiger partial charge in [0.1, 0.15) is 0 Å². The van der Waals surface area contributed by atoms with Gasteiger partial charge in [-0.1, -0.05) is 49.4 Å². The average molecular weight is 417 g/mol. The number of carbonyl (C=O) groups is 1. The molecule has 28 heavy (non-hydrogen) atoms. The number of nitrogens with zero attached hydrogens (tertiary/aromatic N) is 2. The van der Waals surface area contributed by atoms with E-state index in [4.69, 9.17) is 0 Å². The zero-order valence-corrected chi connectivity index (χ0v) is 17.9. The number of para-hydroxylation sites is 1. The topological polar surface area (TPSA) is 68.5 Å². The molecule has 0 spiro atoms. The minimum atomic E-state index is -3.23. The molecule has 2 aromatic carbocycles. The van der Waals surface area contributed by atoms with Crippen LogP contribution < -0.4 is 4.80 Å². The predicted octanol–water partition coefficient (Wildman–Crippen LogP) is 3.75. The molecule has 0 atom stereocenters. The first-order valence-corrected chi connectivity index (χ1v) is 11.9. The molecule has 0 saturated heterocycles. The monoisotopic (exact) mass is 416 g/mol. The smallest absolute Gasteiger partial charge is 0.252 e. The molecule has 5 nitrogen and oxygen atoms in total. The van der Waals surface area contributed by atoms with E-state index in [0.29, 0.717) is 4.80 Å². The van der Waals surface area contributed by atoms with E-state index in [-0.39, 0.29) is 23.0 Å². The molecule has 1 amide bonds. The second-order valence-corrected chi connectivity index (χ2v) is 9.76. The average Bonchev–Trinajstić information content (AvgIpc) is 3.05. The Morgan fingerprint density at radius 2 is 1.79 bits per heavy atom. The number of thiazole rings is 1. The van der Waals surface area contributed by atoms with Gasteiger partial charge < -0.3 is 4.57 Å². The number of fused-ring (bicyclic) bond motifs is 1. The first kappa shape index (κ1) is 20.5. The maximum Gasteiger partial charge on any atom is 0.252 e. The lowest BCUT2D eigenvalue weighted by molar-refractivity contribution is -0.117. The fraction of sp³-hybridized carbons (Fsp3) is 0.333. The van der Waals surface area contributed by atoms with Crippen LogP contribution in [0.25, 0.3) is 10.2 Å². The fourth-order valence-electron chi connectivity index (χ4n) is 3.17. The summed E-state index contributed by atoms with van der Waals surface area (Å²) in [6.07, 6.45) is 1.07. The van der Waals surface area contributed by atoms with Gasteiger partial charge in [-0.15, -0.1) is 0 Å². The summed E-state index contributed by atoms with van der Waals surface area (Å²) < 4.78 is 27.0. The molecule has 0 aliphatic rings. The second-order valence-electron chi connectivity index (χ2n) is 6.48. The van der Waals surface area contributed by atoms with Crippen LogP contribution in [0.4, 0.5) is 0 Å². The fourth-order valence-corrected chi connectivity index (χ4v) is 5.21. The van der Waals surface area contributed by atoms with Crippen molar-refractivity contribution in [3.63, 3.8) is 0 Å². The van der Waals surface area contributed by atoms with Crippen molar-refractivity contribution in [1.29, 1.82) is 0 Å². The highest BCUT2D eigenvalue weighted by Crippen LogP contribution is 2.22. The number of benzene rings is 2. The van der Waals surface area contributed by atoms with Crippen LogP contribution in [0.3, 0.4) is 0 Å². The van der Waals surface area contributed by atoms with E-state index in [2.05, 4.69) is 35.5 Å². The van der Waals surface area contributed by atoms with Crippen LogP contribution in [0.2, 0.25) is 0 Å². The van der Waals surface area contributed by atoms with Gasteiger partial charge in [-0.25, -0.2) is 8.42 Å². The van der Waals surface area contributed by atoms with Crippen LogP contribution in [0, 0.1) is 0 Å². The van der Waals surface area contributed by atoms with Crippen LogP contribution in [0.15, 0.2) is 52.4 Å². The summed E-state index contributed by atoms with van der Waals surface area (Å²) in [5, 5.41) is 0. The highest BCUT2D eigenvalue weighted by Gasteiger charge is 2.13. The zero-order chi connectivity index (χ0) is 20.3. The third-order valence-corrected chi connectivity index (χ3v) is 7.51. The maximum atomic E-state index is 12.5. The first-order chi connectivity index (χ1) is 13.4. The predicted molar refractivity (Wildman–Crippen MR) is 113 cm³/mol. The van der Waals surface area contributed by atoms with Gasteiger partial charge in [-0.05, 0) is 42.7 Å². The third-order valence-electron chi connectivity index (χ3n) is 4.72. The molecule has 0 bridgehead atoms. The Morgan fingerprint density at radius 3 is 2.39 bits per heavy atom. The van der Waals surface area contributed by atoms with Crippen LogP contribution in [0.1, 0.15) is 31.9 Å². The van der Waals surface area contributed by atoms with Gasteiger partial charge in [0.15, 0.2) is 14.6 Å². The normalized spacial score (nSPS) is 12.6. The highest BCUT2D eigenvalue weighted by molar-refractivity contribution is 7.91. The Kier molecular flexibility index (Phi) is 6.15. The number of hydrogen-bond donors (Lipinski definition) is 0.